The smallest absolute Gasteiger partial charge is 0.0487 e. The van der Waals surface area contributed by atoms with Gasteiger partial charge in [-0.1, -0.05) is 34.6 Å². The van der Waals surface area contributed by atoms with Crippen LogP contribution in [0.2, 0.25) is 0 Å². The molecule has 0 spiro atoms. The van der Waals surface area contributed by atoms with Gasteiger partial charge in [-0.3, -0.25) is 0 Å². The van der Waals surface area contributed by atoms with E-state index < -0.39 is 0 Å². The van der Waals surface area contributed by atoms with Gasteiger partial charge in [0.25, 0.3) is 0 Å². The molecule has 1 nitrogen and oxygen atoms in total. The van der Waals surface area contributed by atoms with Gasteiger partial charge in [-0.25, -0.2) is 0 Å². The Balaban J connectivity index is 1.74. The van der Waals surface area contributed by atoms with Crippen LogP contribution in [0.5, 0.6) is 0 Å². The van der Waals surface area contributed by atoms with Gasteiger partial charge in [0.1, 0.15) is 0 Å². The fourth-order valence-corrected chi connectivity index (χ4v) is 5.41. The van der Waals surface area contributed by atoms with Crippen LogP contribution in [0.3, 0.4) is 0 Å². The Bertz CT molecular complexity index is 347. The Morgan fingerprint density at radius 1 is 1.06 bits per heavy atom. The first-order valence-corrected chi connectivity index (χ1v) is 7.35. The molecule has 0 aromatic heterocycles. The van der Waals surface area contributed by atoms with Gasteiger partial charge in [-0.15, -0.1) is 0 Å². The zero-order chi connectivity index (χ0) is 12.6. The van der Waals surface area contributed by atoms with E-state index in [1.807, 2.05) is 0 Å². The van der Waals surface area contributed by atoms with Crippen LogP contribution in [-0.4, -0.2) is 11.7 Å². The maximum Gasteiger partial charge on any atom is 0.0487 e. The van der Waals surface area contributed by atoms with Gasteiger partial charge in [-0.2, -0.15) is 0 Å². The van der Waals surface area contributed by atoms with Crippen molar-refractivity contribution >= 4 is 0 Å². The molecule has 6 atom stereocenters. The van der Waals surface area contributed by atoms with Crippen LogP contribution in [0, 0.1) is 39.9 Å². The van der Waals surface area contributed by atoms with Crippen LogP contribution < -0.4 is 0 Å². The van der Waals surface area contributed by atoms with Crippen molar-refractivity contribution in [3.05, 3.63) is 0 Å². The highest BCUT2D eigenvalue weighted by molar-refractivity contribution is 5.17. The third-order valence-corrected chi connectivity index (χ3v) is 6.94. The summed E-state index contributed by atoms with van der Waals surface area (Å²) in [6, 6.07) is 0. The first-order chi connectivity index (χ1) is 7.74. The van der Waals surface area contributed by atoms with E-state index in [4.69, 9.17) is 0 Å². The molecular formula is C16H28O. The van der Waals surface area contributed by atoms with Gasteiger partial charge < -0.3 is 5.11 Å². The molecule has 17 heavy (non-hydrogen) atoms. The first kappa shape index (κ1) is 12.0. The first-order valence-electron chi connectivity index (χ1n) is 7.35. The standard InChI is InChI=1S/C16H28O/c1-10(12-7-16(12,5)9-17)11-6-15(4)8-13(15)14(11,2)3/h10-13,17H,6-9H2,1-5H3/t10?,11?,12-,13?,15?,16-/m0/s1. The molecule has 0 heterocycles. The second-order valence-electron chi connectivity index (χ2n) is 8.52. The van der Waals surface area contributed by atoms with Gasteiger partial charge in [0.05, 0.1) is 0 Å². The molecule has 0 bridgehead atoms. The monoisotopic (exact) mass is 236 g/mol. The predicted molar refractivity (Wildman–Crippen MR) is 70.6 cm³/mol. The van der Waals surface area contributed by atoms with E-state index >= 15 is 0 Å². The van der Waals surface area contributed by atoms with Crippen molar-refractivity contribution < 1.29 is 5.11 Å². The summed E-state index contributed by atoms with van der Waals surface area (Å²) < 4.78 is 0. The van der Waals surface area contributed by atoms with E-state index in [0.29, 0.717) is 17.4 Å². The van der Waals surface area contributed by atoms with Gasteiger partial charge in [0.2, 0.25) is 0 Å². The van der Waals surface area contributed by atoms with E-state index in [-0.39, 0.29) is 5.41 Å². The summed E-state index contributed by atoms with van der Waals surface area (Å²) in [5.41, 5.74) is 1.46. The van der Waals surface area contributed by atoms with Crippen molar-refractivity contribution in [1.29, 1.82) is 0 Å². The Hall–Kier alpha value is -0.0400. The molecule has 98 valence electrons. The number of rotatable bonds is 3. The lowest BCUT2D eigenvalue weighted by Crippen LogP contribution is -2.30. The van der Waals surface area contributed by atoms with Crippen LogP contribution in [0.4, 0.5) is 0 Å². The second kappa shape index (κ2) is 3.10. The normalized spacial score (nSPS) is 56.5. The predicted octanol–water partition coefficient (Wildman–Crippen LogP) is 3.71. The molecule has 1 N–H and O–H groups in total. The summed E-state index contributed by atoms with van der Waals surface area (Å²) in [5, 5.41) is 9.47. The van der Waals surface area contributed by atoms with Crippen molar-refractivity contribution in [1.82, 2.24) is 0 Å². The van der Waals surface area contributed by atoms with Crippen molar-refractivity contribution in [3.63, 3.8) is 0 Å². The molecule has 0 aromatic rings. The molecule has 3 rings (SSSR count). The van der Waals surface area contributed by atoms with Crippen molar-refractivity contribution in [2.24, 2.45) is 39.9 Å². The molecule has 0 amide bonds. The average Bonchev–Trinajstić information content (AvgIpc) is 3.10. The summed E-state index contributed by atoms with van der Waals surface area (Å²) in [7, 11) is 0. The highest BCUT2D eigenvalue weighted by Gasteiger charge is 2.68. The minimum absolute atomic E-state index is 0.253. The zero-order valence-electron chi connectivity index (χ0n) is 12.1. The number of aliphatic hydroxyl groups is 1. The fraction of sp³-hybridized carbons (Fsp3) is 1.00. The Labute approximate surface area is 106 Å². The van der Waals surface area contributed by atoms with Gasteiger partial charge in [-0.05, 0) is 59.2 Å². The molecule has 0 aliphatic heterocycles. The molecule has 0 radical (unpaired) electrons. The summed E-state index contributed by atoms with van der Waals surface area (Å²) >= 11 is 0. The van der Waals surface area contributed by atoms with E-state index in [9.17, 15) is 5.11 Å². The molecule has 3 aliphatic carbocycles. The second-order valence-corrected chi connectivity index (χ2v) is 8.52. The van der Waals surface area contributed by atoms with Crippen LogP contribution in [0.15, 0.2) is 0 Å². The Morgan fingerprint density at radius 2 is 1.71 bits per heavy atom. The summed E-state index contributed by atoms with van der Waals surface area (Å²) in [6.07, 6.45) is 4.15. The number of hydrogen-bond acceptors (Lipinski definition) is 1. The van der Waals surface area contributed by atoms with Crippen molar-refractivity contribution in [2.45, 2.75) is 53.9 Å². The third-order valence-electron chi connectivity index (χ3n) is 6.94. The lowest BCUT2D eigenvalue weighted by atomic mass is 9.69. The van der Waals surface area contributed by atoms with Crippen molar-refractivity contribution in [3.8, 4) is 0 Å². The van der Waals surface area contributed by atoms with Crippen molar-refractivity contribution in [2.75, 3.05) is 6.61 Å². The Morgan fingerprint density at radius 3 is 2.12 bits per heavy atom. The summed E-state index contributed by atoms with van der Waals surface area (Å²) in [6.45, 7) is 12.6. The largest absolute Gasteiger partial charge is 0.396 e. The number of fused-ring (bicyclic) bond motifs is 1. The van der Waals surface area contributed by atoms with E-state index in [0.717, 1.165) is 23.7 Å². The third kappa shape index (κ3) is 1.47. The molecular weight excluding hydrogens is 208 g/mol. The zero-order valence-corrected chi connectivity index (χ0v) is 12.1. The maximum atomic E-state index is 9.47. The van der Waals surface area contributed by atoms with Gasteiger partial charge >= 0.3 is 0 Å². The molecule has 0 saturated heterocycles. The quantitative estimate of drug-likeness (QED) is 0.792. The summed E-state index contributed by atoms with van der Waals surface area (Å²) in [5.74, 6) is 3.43. The van der Waals surface area contributed by atoms with Crippen LogP contribution in [0.1, 0.15) is 53.9 Å². The van der Waals surface area contributed by atoms with E-state index in [2.05, 4.69) is 34.6 Å². The van der Waals surface area contributed by atoms with Crippen LogP contribution in [-0.2, 0) is 0 Å². The molecule has 3 fully saturated rings. The molecule has 4 unspecified atom stereocenters. The van der Waals surface area contributed by atoms with Crippen LogP contribution in [0.25, 0.3) is 0 Å². The van der Waals surface area contributed by atoms with E-state index in [1.54, 1.807) is 0 Å². The lowest BCUT2D eigenvalue weighted by Gasteiger charge is -2.36. The summed E-state index contributed by atoms with van der Waals surface area (Å²) in [4.78, 5) is 0. The minimum Gasteiger partial charge on any atom is -0.396 e. The molecule has 0 aromatic carbocycles. The number of aliphatic hydroxyl groups excluding tert-OH is 1. The van der Waals surface area contributed by atoms with Gasteiger partial charge in [0, 0.05) is 6.61 Å². The van der Waals surface area contributed by atoms with Gasteiger partial charge in [0.15, 0.2) is 0 Å². The SMILES string of the molecule is CC(C1CC2(C)CC2C1(C)C)[C@@H]1C[C@@]1(C)CO. The highest BCUT2D eigenvalue weighted by atomic mass is 16.3. The lowest BCUT2D eigenvalue weighted by molar-refractivity contribution is 0.115. The van der Waals surface area contributed by atoms with E-state index in [1.165, 1.54) is 19.3 Å². The fourth-order valence-electron chi connectivity index (χ4n) is 5.41. The Kier molecular flexibility index (Phi) is 2.19. The number of hydrogen-bond donors (Lipinski definition) is 1. The maximum absolute atomic E-state index is 9.47. The topological polar surface area (TPSA) is 20.2 Å². The minimum atomic E-state index is 0.253. The van der Waals surface area contributed by atoms with Crippen LogP contribution >= 0.6 is 0 Å². The highest BCUT2D eigenvalue weighted by Crippen LogP contribution is 2.75. The molecule has 3 aliphatic rings. The molecule has 1 heteroatoms. The molecule has 3 saturated carbocycles. The average molecular weight is 236 g/mol.